The lowest BCUT2D eigenvalue weighted by atomic mass is 10.1. The van der Waals surface area contributed by atoms with E-state index in [1.807, 2.05) is 0 Å². The Labute approximate surface area is 118 Å². The summed E-state index contributed by atoms with van der Waals surface area (Å²) in [5.41, 5.74) is 5.93. The van der Waals surface area contributed by atoms with Crippen LogP contribution in [0.3, 0.4) is 0 Å². The first-order chi connectivity index (χ1) is 8.97. The minimum absolute atomic E-state index is 0.0280. The van der Waals surface area contributed by atoms with Gasteiger partial charge in [0, 0.05) is 24.2 Å². The standard InChI is InChI=1S/C14H19ClN2O2/c1-9-7-17(8-13(9)16)14(18)10(2)19-12-5-3-4-11(15)6-12/h3-6,9-10,13H,7-8,16H2,1-2H3. The summed E-state index contributed by atoms with van der Waals surface area (Å²) in [6.07, 6.45) is -0.532. The second-order valence-electron chi connectivity index (χ2n) is 5.10. The zero-order chi connectivity index (χ0) is 14.0. The number of carbonyl (C=O) groups excluding carboxylic acids is 1. The Bertz CT molecular complexity index is 457. The molecule has 1 aliphatic rings. The van der Waals surface area contributed by atoms with Crippen LogP contribution in [-0.4, -0.2) is 36.0 Å². The Hall–Kier alpha value is -1.26. The van der Waals surface area contributed by atoms with E-state index in [2.05, 4.69) is 6.92 Å². The van der Waals surface area contributed by atoms with Crippen molar-refractivity contribution in [3.63, 3.8) is 0 Å². The number of benzene rings is 1. The zero-order valence-corrected chi connectivity index (χ0v) is 11.9. The molecule has 0 bridgehead atoms. The first kappa shape index (κ1) is 14.2. The van der Waals surface area contributed by atoms with Gasteiger partial charge in [-0.25, -0.2) is 0 Å². The molecule has 5 heteroatoms. The number of ether oxygens (including phenoxy) is 1. The zero-order valence-electron chi connectivity index (χ0n) is 11.2. The van der Waals surface area contributed by atoms with Gasteiger partial charge in [0.2, 0.25) is 0 Å². The highest BCUT2D eigenvalue weighted by atomic mass is 35.5. The Balaban J connectivity index is 1.96. The lowest BCUT2D eigenvalue weighted by Gasteiger charge is -2.21. The van der Waals surface area contributed by atoms with Gasteiger partial charge in [-0.15, -0.1) is 0 Å². The highest BCUT2D eigenvalue weighted by Crippen LogP contribution is 2.20. The van der Waals surface area contributed by atoms with Crippen molar-refractivity contribution in [3.8, 4) is 5.75 Å². The maximum Gasteiger partial charge on any atom is 0.263 e. The fourth-order valence-corrected chi connectivity index (χ4v) is 2.40. The third-order valence-corrected chi connectivity index (χ3v) is 3.67. The van der Waals surface area contributed by atoms with Crippen LogP contribution in [0.2, 0.25) is 5.02 Å². The second kappa shape index (κ2) is 5.80. The average molecular weight is 283 g/mol. The van der Waals surface area contributed by atoms with E-state index in [9.17, 15) is 4.79 Å². The van der Waals surface area contributed by atoms with Gasteiger partial charge in [-0.05, 0) is 31.0 Å². The minimum Gasteiger partial charge on any atom is -0.481 e. The van der Waals surface area contributed by atoms with Crippen LogP contribution >= 0.6 is 11.6 Å². The summed E-state index contributed by atoms with van der Waals surface area (Å²) in [6, 6.07) is 7.10. The first-order valence-electron chi connectivity index (χ1n) is 6.44. The third-order valence-electron chi connectivity index (χ3n) is 3.44. The van der Waals surface area contributed by atoms with E-state index < -0.39 is 6.10 Å². The van der Waals surface area contributed by atoms with Crippen LogP contribution in [0.15, 0.2) is 24.3 Å². The molecular weight excluding hydrogens is 264 g/mol. The SMILES string of the molecule is CC(Oc1cccc(Cl)c1)C(=O)N1CC(C)C(N)C1. The summed E-state index contributed by atoms with van der Waals surface area (Å²) >= 11 is 5.88. The third kappa shape index (κ3) is 3.39. The van der Waals surface area contributed by atoms with Crippen molar-refractivity contribution in [1.82, 2.24) is 4.90 Å². The molecule has 0 saturated carbocycles. The average Bonchev–Trinajstić information content (AvgIpc) is 2.68. The van der Waals surface area contributed by atoms with Crippen LogP contribution < -0.4 is 10.5 Å². The Morgan fingerprint density at radius 3 is 2.84 bits per heavy atom. The maximum absolute atomic E-state index is 12.2. The van der Waals surface area contributed by atoms with Crippen LogP contribution in [0.5, 0.6) is 5.75 Å². The Kier molecular flexibility index (Phi) is 4.32. The molecule has 19 heavy (non-hydrogen) atoms. The Morgan fingerprint density at radius 2 is 2.26 bits per heavy atom. The van der Waals surface area contributed by atoms with E-state index in [0.29, 0.717) is 29.8 Å². The monoisotopic (exact) mass is 282 g/mol. The molecule has 0 aliphatic carbocycles. The molecule has 1 fully saturated rings. The largest absolute Gasteiger partial charge is 0.481 e. The van der Waals surface area contributed by atoms with Crippen LogP contribution in [0.1, 0.15) is 13.8 Å². The molecule has 0 spiro atoms. The fraction of sp³-hybridized carbons (Fsp3) is 0.500. The van der Waals surface area contributed by atoms with Gasteiger partial charge < -0.3 is 15.4 Å². The van der Waals surface area contributed by atoms with Gasteiger partial charge in [0.05, 0.1) is 0 Å². The van der Waals surface area contributed by atoms with Crippen molar-refractivity contribution in [3.05, 3.63) is 29.3 Å². The molecule has 2 rings (SSSR count). The molecule has 1 heterocycles. The van der Waals surface area contributed by atoms with Crippen molar-refractivity contribution in [2.45, 2.75) is 26.0 Å². The van der Waals surface area contributed by atoms with Crippen molar-refractivity contribution < 1.29 is 9.53 Å². The van der Waals surface area contributed by atoms with Gasteiger partial charge in [-0.1, -0.05) is 24.6 Å². The summed E-state index contributed by atoms with van der Waals surface area (Å²) < 4.78 is 5.62. The minimum atomic E-state index is -0.532. The summed E-state index contributed by atoms with van der Waals surface area (Å²) in [4.78, 5) is 14.0. The van der Waals surface area contributed by atoms with Crippen LogP contribution in [-0.2, 0) is 4.79 Å². The molecule has 3 unspecified atom stereocenters. The van der Waals surface area contributed by atoms with Crippen molar-refractivity contribution in [2.24, 2.45) is 11.7 Å². The van der Waals surface area contributed by atoms with Crippen molar-refractivity contribution in [1.29, 1.82) is 0 Å². The molecule has 1 aromatic rings. The maximum atomic E-state index is 12.2. The number of nitrogens with two attached hydrogens (primary N) is 1. The topological polar surface area (TPSA) is 55.6 Å². The number of halogens is 1. The predicted molar refractivity (Wildman–Crippen MR) is 75.3 cm³/mol. The lowest BCUT2D eigenvalue weighted by Crippen LogP contribution is -2.40. The number of amides is 1. The predicted octanol–water partition coefficient (Wildman–Crippen LogP) is 1.91. The van der Waals surface area contributed by atoms with Crippen LogP contribution in [0, 0.1) is 5.92 Å². The van der Waals surface area contributed by atoms with E-state index in [4.69, 9.17) is 22.1 Å². The molecule has 1 amide bonds. The van der Waals surface area contributed by atoms with Crippen LogP contribution in [0.25, 0.3) is 0 Å². The summed E-state index contributed by atoms with van der Waals surface area (Å²) in [6.45, 7) is 5.10. The highest BCUT2D eigenvalue weighted by molar-refractivity contribution is 6.30. The van der Waals surface area contributed by atoms with Gasteiger partial charge in [-0.2, -0.15) is 0 Å². The van der Waals surface area contributed by atoms with Gasteiger partial charge in [0.15, 0.2) is 6.10 Å². The second-order valence-corrected chi connectivity index (χ2v) is 5.54. The number of hydrogen-bond donors (Lipinski definition) is 1. The fourth-order valence-electron chi connectivity index (χ4n) is 2.22. The lowest BCUT2D eigenvalue weighted by molar-refractivity contribution is -0.137. The molecule has 0 aromatic heterocycles. The number of hydrogen-bond acceptors (Lipinski definition) is 3. The Morgan fingerprint density at radius 1 is 1.53 bits per heavy atom. The first-order valence-corrected chi connectivity index (χ1v) is 6.81. The van der Waals surface area contributed by atoms with Gasteiger partial charge >= 0.3 is 0 Å². The van der Waals surface area contributed by atoms with E-state index in [-0.39, 0.29) is 11.9 Å². The molecular formula is C14H19ClN2O2. The quantitative estimate of drug-likeness (QED) is 0.921. The molecule has 3 atom stereocenters. The summed E-state index contributed by atoms with van der Waals surface area (Å²) in [5, 5.41) is 0.592. The van der Waals surface area contributed by atoms with E-state index >= 15 is 0 Å². The number of rotatable bonds is 3. The molecule has 0 radical (unpaired) electrons. The van der Waals surface area contributed by atoms with E-state index in [1.165, 1.54) is 0 Å². The summed E-state index contributed by atoms with van der Waals surface area (Å²) in [7, 11) is 0. The number of nitrogens with zero attached hydrogens (tertiary/aromatic N) is 1. The van der Waals surface area contributed by atoms with Gasteiger partial charge in [0.25, 0.3) is 5.91 Å². The normalized spacial score (nSPS) is 24.3. The van der Waals surface area contributed by atoms with Gasteiger partial charge in [-0.3, -0.25) is 4.79 Å². The molecule has 1 aromatic carbocycles. The summed E-state index contributed by atoms with van der Waals surface area (Å²) in [5.74, 6) is 0.909. The van der Waals surface area contributed by atoms with Crippen molar-refractivity contribution >= 4 is 17.5 Å². The van der Waals surface area contributed by atoms with Gasteiger partial charge in [0.1, 0.15) is 5.75 Å². The molecule has 1 aliphatic heterocycles. The number of likely N-dealkylation sites (tertiary alicyclic amines) is 1. The molecule has 104 valence electrons. The smallest absolute Gasteiger partial charge is 0.263 e. The van der Waals surface area contributed by atoms with Crippen molar-refractivity contribution in [2.75, 3.05) is 13.1 Å². The van der Waals surface area contributed by atoms with E-state index in [0.717, 1.165) is 0 Å². The number of carbonyl (C=O) groups is 1. The molecule has 1 saturated heterocycles. The molecule has 2 N–H and O–H groups in total. The van der Waals surface area contributed by atoms with Crippen LogP contribution in [0.4, 0.5) is 0 Å². The van der Waals surface area contributed by atoms with E-state index in [1.54, 1.807) is 36.1 Å². The molecule has 4 nitrogen and oxygen atoms in total. The highest BCUT2D eigenvalue weighted by Gasteiger charge is 2.32.